The molecule has 118 valence electrons. The number of halogens is 3. The molecule has 1 aliphatic heterocycles. The Kier molecular flexibility index (Phi) is 5.81. The standard InChI is InChI=1S/C15H21F3N2S/c1-2-9-20-10-7-13(8-11-20)19-12-3-5-14(6-4-12)21-15(16,17)18/h3-6,13,19H,2,7-11H2,1H3. The molecule has 1 N–H and O–H groups in total. The molecule has 21 heavy (non-hydrogen) atoms. The quantitative estimate of drug-likeness (QED) is 0.800. The van der Waals surface area contributed by atoms with Crippen LogP contribution < -0.4 is 5.32 Å². The maximum atomic E-state index is 12.3. The van der Waals surface area contributed by atoms with E-state index in [0.717, 1.165) is 38.2 Å². The van der Waals surface area contributed by atoms with E-state index >= 15 is 0 Å². The second kappa shape index (κ2) is 7.40. The van der Waals surface area contributed by atoms with E-state index in [0.29, 0.717) is 6.04 Å². The maximum Gasteiger partial charge on any atom is 0.446 e. The van der Waals surface area contributed by atoms with Crippen LogP contribution in [0.5, 0.6) is 0 Å². The monoisotopic (exact) mass is 318 g/mol. The molecule has 0 saturated carbocycles. The fraction of sp³-hybridized carbons (Fsp3) is 0.600. The largest absolute Gasteiger partial charge is 0.446 e. The summed E-state index contributed by atoms with van der Waals surface area (Å²) >= 11 is -0.0732. The Balaban J connectivity index is 1.81. The van der Waals surface area contributed by atoms with Crippen LogP contribution in [0.25, 0.3) is 0 Å². The average molecular weight is 318 g/mol. The van der Waals surface area contributed by atoms with Gasteiger partial charge in [-0.05, 0) is 61.8 Å². The minimum Gasteiger partial charge on any atom is -0.382 e. The summed E-state index contributed by atoms with van der Waals surface area (Å²) in [5.74, 6) is 0. The van der Waals surface area contributed by atoms with E-state index in [1.54, 1.807) is 12.1 Å². The van der Waals surface area contributed by atoms with Crippen LogP contribution in [0.15, 0.2) is 29.2 Å². The van der Waals surface area contributed by atoms with Crippen molar-refractivity contribution in [3.63, 3.8) is 0 Å². The summed E-state index contributed by atoms with van der Waals surface area (Å²) in [5, 5.41) is 3.42. The molecule has 0 bridgehead atoms. The summed E-state index contributed by atoms with van der Waals surface area (Å²) in [5.41, 5.74) is -3.32. The summed E-state index contributed by atoms with van der Waals surface area (Å²) in [6.45, 7) is 5.52. The number of nitrogens with one attached hydrogen (secondary N) is 1. The van der Waals surface area contributed by atoms with Gasteiger partial charge >= 0.3 is 5.51 Å². The van der Waals surface area contributed by atoms with Gasteiger partial charge in [0.05, 0.1) is 0 Å². The summed E-state index contributed by atoms with van der Waals surface area (Å²) in [7, 11) is 0. The first-order valence-electron chi connectivity index (χ1n) is 7.31. The van der Waals surface area contributed by atoms with Gasteiger partial charge in [0.25, 0.3) is 0 Å². The van der Waals surface area contributed by atoms with Crippen LogP contribution in [0, 0.1) is 0 Å². The van der Waals surface area contributed by atoms with Gasteiger partial charge in [0.1, 0.15) is 0 Å². The van der Waals surface area contributed by atoms with E-state index in [-0.39, 0.29) is 16.7 Å². The van der Waals surface area contributed by atoms with Crippen molar-refractivity contribution in [2.24, 2.45) is 0 Å². The minimum atomic E-state index is -4.22. The van der Waals surface area contributed by atoms with Crippen molar-refractivity contribution in [3.8, 4) is 0 Å². The summed E-state index contributed by atoms with van der Waals surface area (Å²) in [6, 6.07) is 6.91. The molecular weight excluding hydrogens is 297 g/mol. The average Bonchev–Trinajstić information content (AvgIpc) is 2.42. The molecule has 1 heterocycles. The van der Waals surface area contributed by atoms with Crippen molar-refractivity contribution >= 4 is 17.4 Å². The minimum absolute atomic E-state index is 0.0732. The first kappa shape index (κ1) is 16.5. The first-order chi connectivity index (χ1) is 9.96. The number of thioether (sulfide) groups is 1. The molecule has 0 radical (unpaired) electrons. The molecule has 2 rings (SSSR count). The molecule has 6 heteroatoms. The molecule has 1 aromatic carbocycles. The zero-order valence-electron chi connectivity index (χ0n) is 12.1. The maximum absolute atomic E-state index is 12.3. The zero-order valence-corrected chi connectivity index (χ0v) is 12.9. The number of piperidine rings is 1. The second-order valence-corrected chi connectivity index (χ2v) is 6.47. The van der Waals surface area contributed by atoms with Crippen LogP contribution in [0.3, 0.4) is 0 Å². The third kappa shape index (κ3) is 5.79. The van der Waals surface area contributed by atoms with Gasteiger partial charge in [0.15, 0.2) is 0 Å². The Morgan fingerprint density at radius 1 is 1.19 bits per heavy atom. The summed E-state index contributed by atoms with van der Waals surface area (Å²) in [6.07, 6.45) is 3.34. The molecule has 0 amide bonds. The Morgan fingerprint density at radius 2 is 1.81 bits per heavy atom. The lowest BCUT2D eigenvalue weighted by atomic mass is 10.0. The lowest BCUT2D eigenvalue weighted by Crippen LogP contribution is -2.39. The SMILES string of the molecule is CCCN1CCC(Nc2ccc(SC(F)(F)F)cc2)CC1. The Hall–Kier alpha value is -0.880. The second-order valence-electron chi connectivity index (χ2n) is 5.33. The van der Waals surface area contributed by atoms with Crippen LogP contribution in [-0.2, 0) is 0 Å². The van der Waals surface area contributed by atoms with Crippen molar-refractivity contribution in [3.05, 3.63) is 24.3 Å². The van der Waals surface area contributed by atoms with Crippen molar-refractivity contribution in [2.75, 3.05) is 25.0 Å². The lowest BCUT2D eigenvalue weighted by Gasteiger charge is -2.32. The smallest absolute Gasteiger partial charge is 0.382 e. The van der Waals surface area contributed by atoms with Crippen LogP contribution in [0.2, 0.25) is 0 Å². The summed E-state index contributed by atoms with van der Waals surface area (Å²) < 4.78 is 36.8. The Labute approximate surface area is 128 Å². The van der Waals surface area contributed by atoms with Crippen molar-refractivity contribution < 1.29 is 13.2 Å². The van der Waals surface area contributed by atoms with Gasteiger partial charge in [0, 0.05) is 29.7 Å². The summed E-state index contributed by atoms with van der Waals surface area (Å²) in [4.78, 5) is 2.69. The fourth-order valence-electron chi connectivity index (χ4n) is 2.61. The van der Waals surface area contributed by atoms with Crippen molar-refractivity contribution in [2.45, 2.75) is 42.6 Å². The number of hydrogen-bond donors (Lipinski definition) is 1. The number of anilines is 1. The Morgan fingerprint density at radius 3 is 2.33 bits per heavy atom. The molecule has 2 nitrogen and oxygen atoms in total. The van der Waals surface area contributed by atoms with E-state index < -0.39 is 5.51 Å². The molecule has 1 saturated heterocycles. The van der Waals surface area contributed by atoms with E-state index in [2.05, 4.69) is 17.1 Å². The van der Waals surface area contributed by atoms with Gasteiger partial charge in [0.2, 0.25) is 0 Å². The predicted molar refractivity (Wildman–Crippen MR) is 81.7 cm³/mol. The van der Waals surface area contributed by atoms with Gasteiger partial charge < -0.3 is 10.2 Å². The van der Waals surface area contributed by atoms with Gasteiger partial charge in [-0.1, -0.05) is 6.92 Å². The molecular formula is C15H21F3N2S. The molecule has 1 aliphatic rings. The number of rotatable bonds is 5. The van der Waals surface area contributed by atoms with E-state index in [1.165, 1.54) is 18.6 Å². The normalized spacial score (nSPS) is 17.9. The van der Waals surface area contributed by atoms with Crippen LogP contribution >= 0.6 is 11.8 Å². The van der Waals surface area contributed by atoms with Crippen LogP contribution in [-0.4, -0.2) is 36.1 Å². The van der Waals surface area contributed by atoms with E-state index in [9.17, 15) is 13.2 Å². The highest BCUT2D eigenvalue weighted by Crippen LogP contribution is 2.37. The van der Waals surface area contributed by atoms with Crippen molar-refractivity contribution in [1.82, 2.24) is 4.90 Å². The predicted octanol–water partition coefficient (Wildman–Crippen LogP) is 4.58. The van der Waals surface area contributed by atoms with Gasteiger partial charge in [-0.3, -0.25) is 0 Å². The van der Waals surface area contributed by atoms with E-state index in [1.807, 2.05) is 0 Å². The number of nitrogens with zero attached hydrogens (tertiary/aromatic N) is 1. The third-order valence-corrected chi connectivity index (χ3v) is 4.33. The number of benzene rings is 1. The highest BCUT2D eigenvalue weighted by atomic mass is 32.2. The third-order valence-electron chi connectivity index (χ3n) is 3.59. The highest BCUT2D eigenvalue weighted by molar-refractivity contribution is 8.00. The van der Waals surface area contributed by atoms with Crippen molar-refractivity contribution in [1.29, 1.82) is 0 Å². The molecule has 1 aromatic rings. The van der Waals surface area contributed by atoms with E-state index in [4.69, 9.17) is 0 Å². The van der Waals surface area contributed by atoms with Crippen LogP contribution in [0.4, 0.5) is 18.9 Å². The van der Waals surface area contributed by atoms with Gasteiger partial charge in [-0.15, -0.1) is 0 Å². The Bertz CT molecular complexity index is 426. The van der Waals surface area contributed by atoms with Gasteiger partial charge in [-0.2, -0.15) is 13.2 Å². The number of hydrogen-bond acceptors (Lipinski definition) is 3. The number of likely N-dealkylation sites (tertiary alicyclic amines) is 1. The molecule has 0 unspecified atom stereocenters. The highest BCUT2D eigenvalue weighted by Gasteiger charge is 2.29. The molecule has 0 aliphatic carbocycles. The van der Waals surface area contributed by atoms with Gasteiger partial charge in [-0.25, -0.2) is 0 Å². The first-order valence-corrected chi connectivity index (χ1v) is 8.12. The molecule has 1 fully saturated rings. The fourth-order valence-corrected chi connectivity index (χ4v) is 3.15. The molecule has 0 spiro atoms. The molecule has 0 atom stereocenters. The zero-order chi connectivity index (χ0) is 15.3. The number of alkyl halides is 3. The molecule has 0 aromatic heterocycles. The lowest BCUT2D eigenvalue weighted by molar-refractivity contribution is -0.0328. The van der Waals surface area contributed by atoms with Crippen LogP contribution in [0.1, 0.15) is 26.2 Å². The topological polar surface area (TPSA) is 15.3 Å².